The second-order valence-electron chi connectivity index (χ2n) is 6.09. The molecule has 1 aliphatic carbocycles. The van der Waals surface area contributed by atoms with Crippen molar-refractivity contribution in [3.05, 3.63) is 30.0 Å². The molecule has 1 fully saturated rings. The molecule has 2 aromatic rings. The summed E-state index contributed by atoms with van der Waals surface area (Å²) < 4.78 is 7.29. The number of esters is 1. The van der Waals surface area contributed by atoms with E-state index >= 15 is 0 Å². The molecule has 1 aromatic heterocycles. The van der Waals surface area contributed by atoms with Crippen molar-refractivity contribution in [3.63, 3.8) is 0 Å². The summed E-state index contributed by atoms with van der Waals surface area (Å²) in [6.45, 7) is 4.51. The van der Waals surface area contributed by atoms with Gasteiger partial charge in [-0.3, -0.25) is 9.48 Å². The maximum atomic E-state index is 11.8. The van der Waals surface area contributed by atoms with Gasteiger partial charge in [-0.25, -0.2) is 0 Å². The molecule has 4 heteroatoms. The van der Waals surface area contributed by atoms with E-state index in [1.54, 1.807) is 0 Å². The average Bonchev–Trinajstić information content (AvgIpc) is 2.98. The van der Waals surface area contributed by atoms with Gasteiger partial charge in [0.15, 0.2) is 0 Å². The normalized spacial score (nSPS) is 21.9. The van der Waals surface area contributed by atoms with E-state index in [0.717, 1.165) is 32.1 Å². The first kappa shape index (κ1) is 15.1. The van der Waals surface area contributed by atoms with Crippen LogP contribution in [0.3, 0.4) is 0 Å². The first-order chi connectivity index (χ1) is 10.7. The van der Waals surface area contributed by atoms with E-state index in [9.17, 15) is 4.79 Å². The molecule has 1 aromatic carbocycles. The van der Waals surface area contributed by atoms with Gasteiger partial charge in [-0.05, 0) is 56.7 Å². The van der Waals surface area contributed by atoms with Gasteiger partial charge in [-0.2, -0.15) is 5.10 Å². The Balaban J connectivity index is 1.72. The molecule has 1 saturated carbocycles. The summed E-state index contributed by atoms with van der Waals surface area (Å²) in [5, 5.41) is 5.82. The Morgan fingerprint density at radius 3 is 2.73 bits per heavy atom. The molecule has 0 saturated heterocycles. The smallest absolute Gasteiger partial charge is 0.308 e. The van der Waals surface area contributed by atoms with E-state index in [4.69, 9.17) is 4.74 Å². The fraction of sp³-hybridized carbons (Fsp3) is 0.556. The summed E-state index contributed by atoms with van der Waals surface area (Å²) in [6, 6.07) is 6.99. The zero-order valence-electron chi connectivity index (χ0n) is 13.4. The molecule has 0 unspecified atom stereocenters. The number of benzene rings is 1. The lowest BCUT2D eigenvalue weighted by Gasteiger charge is -2.27. The number of hydrogen-bond acceptors (Lipinski definition) is 3. The fourth-order valence-corrected chi connectivity index (χ4v) is 3.43. The first-order valence-electron chi connectivity index (χ1n) is 8.35. The largest absolute Gasteiger partial charge is 0.466 e. The topological polar surface area (TPSA) is 44.1 Å². The van der Waals surface area contributed by atoms with Crippen LogP contribution in [-0.4, -0.2) is 22.4 Å². The summed E-state index contributed by atoms with van der Waals surface area (Å²) >= 11 is 0. The standard InChI is InChI=1S/C18H24N2O2/c1-3-13-5-10-17-15(11-13)12-19-20(17)16-8-6-14(7-9-16)18(21)22-4-2/h5,10-12,14,16H,3-4,6-9H2,1-2H3/t14-,16+. The molecule has 118 valence electrons. The molecule has 22 heavy (non-hydrogen) atoms. The fourth-order valence-electron chi connectivity index (χ4n) is 3.43. The summed E-state index contributed by atoms with van der Waals surface area (Å²) in [6.07, 6.45) is 6.80. The molecule has 3 rings (SSSR count). The Kier molecular flexibility index (Phi) is 4.46. The minimum Gasteiger partial charge on any atom is -0.466 e. The zero-order valence-corrected chi connectivity index (χ0v) is 13.4. The third-order valence-corrected chi connectivity index (χ3v) is 4.73. The number of aromatic nitrogens is 2. The lowest BCUT2D eigenvalue weighted by Crippen LogP contribution is -2.25. The zero-order chi connectivity index (χ0) is 15.5. The van der Waals surface area contributed by atoms with Crippen LogP contribution >= 0.6 is 0 Å². The number of fused-ring (bicyclic) bond motifs is 1. The van der Waals surface area contributed by atoms with E-state index in [0.29, 0.717) is 12.6 Å². The molecule has 0 spiro atoms. The van der Waals surface area contributed by atoms with E-state index in [1.165, 1.54) is 16.5 Å². The molecular formula is C18H24N2O2. The van der Waals surface area contributed by atoms with Gasteiger partial charge in [-0.15, -0.1) is 0 Å². The molecular weight excluding hydrogens is 276 g/mol. The van der Waals surface area contributed by atoms with E-state index in [1.807, 2.05) is 13.1 Å². The first-order valence-corrected chi connectivity index (χ1v) is 8.35. The van der Waals surface area contributed by atoms with Gasteiger partial charge in [0.05, 0.1) is 30.3 Å². The highest BCUT2D eigenvalue weighted by molar-refractivity contribution is 5.79. The van der Waals surface area contributed by atoms with Crippen molar-refractivity contribution in [2.45, 2.75) is 52.0 Å². The Morgan fingerprint density at radius 1 is 1.27 bits per heavy atom. The van der Waals surface area contributed by atoms with E-state index < -0.39 is 0 Å². The van der Waals surface area contributed by atoms with Crippen LogP contribution in [-0.2, 0) is 16.0 Å². The molecule has 1 heterocycles. The minimum absolute atomic E-state index is 0.0288. The highest BCUT2D eigenvalue weighted by atomic mass is 16.5. The summed E-state index contributed by atoms with van der Waals surface area (Å²) in [7, 11) is 0. The van der Waals surface area contributed by atoms with Gasteiger partial charge < -0.3 is 4.74 Å². The van der Waals surface area contributed by atoms with Crippen molar-refractivity contribution >= 4 is 16.9 Å². The Morgan fingerprint density at radius 2 is 2.05 bits per heavy atom. The van der Waals surface area contributed by atoms with Crippen LogP contribution in [0.1, 0.15) is 51.1 Å². The lowest BCUT2D eigenvalue weighted by molar-refractivity contribution is -0.149. The molecule has 0 N–H and O–H groups in total. The third-order valence-electron chi connectivity index (χ3n) is 4.73. The maximum absolute atomic E-state index is 11.8. The van der Waals surface area contributed by atoms with Crippen LogP contribution < -0.4 is 0 Å². The second kappa shape index (κ2) is 6.51. The number of aryl methyl sites for hydroxylation is 1. The van der Waals surface area contributed by atoms with Crippen molar-refractivity contribution in [2.24, 2.45) is 5.92 Å². The van der Waals surface area contributed by atoms with Gasteiger partial charge in [0, 0.05) is 5.39 Å². The van der Waals surface area contributed by atoms with Crippen LogP contribution in [0.15, 0.2) is 24.4 Å². The summed E-state index contributed by atoms with van der Waals surface area (Å²) in [5.74, 6) is 0.0450. The quantitative estimate of drug-likeness (QED) is 0.805. The van der Waals surface area contributed by atoms with Crippen LogP contribution in [0.25, 0.3) is 10.9 Å². The van der Waals surface area contributed by atoms with Crippen LogP contribution in [0.5, 0.6) is 0 Å². The van der Waals surface area contributed by atoms with Gasteiger partial charge in [0.1, 0.15) is 0 Å². The predicted octanol–water partition coefficient (Wildman–Crippen LogP) is 3.89. The molecule has 0 amide bonds. The van der Waals surface area contributed by atoms with Crippen LogP contribution in [0.2, 0.25) is 0 Å². The molecule has 4 nitrogen and oxygen atoms in total. The Labute approximate surface area is 131 Å². The van der Waals surface area contributed by atoms with Crippen molar-refractivity contribution in [2.75, 3.05) is 6.61 Å². The lowest BCUT2D eigenvalue weighted by atomic mass is 9.86. The van der Waals surface area contributed by atoms with Crippen LogP contribution in [0.4, 0.5) is 0 Å². The van der Waals surface area contributed by atoms with E-state index in [-0.39, 0.29) is 11.9 Å². The van der Waals surface area contributed by atoms with Gasteiger partial charge >= 0.3 is 5.97 Å². The average molecular weight is 300 g/mol. The number of carbonyl (C=O) groups excluding carboxylic acids is 1. The Bertz CT molecular complexity index is 654. The predicted molar refractivity (Wildman–Crippen MR) is 86.7 cm³/mol. The molecule has 0 radical (unpaired) electrons. The number of hydrogen-bond donors (Lipinski definition) is 0. The maximum Gasteiger partial charge on any atom is 0.308 e. The molecule has 0 atom stereocenters. The molecule has 1 aliphatic rings. The highest BCUT2D eigenvalue weighted by Gasteiger charge is 2.28. The van der Waals surface area contributed by atoms with Gasteiger partial charge in [0.2, 0.25) is 0 Å². The third kappa shape index (κ3) is 2.87. The molecule has 0 bridgehead atoms. The minimum atomic E-state index is -0.0288. The van der Waals surface area contributed by atoms with Crippen molar-refractivity contribution in [1.29, 1.82) is 0 Å². The SMILES string of the molecule is CCOC(=O)[C@H]1CC[C@@H](n2ncc3cc(CC)ccc32)CC1. The van der Waals surface area contributed by atoms with E-state index in [2.05, 4.69) is 34.9 Å². The van der Waals surface area contributed by atoms with Crippen molar-refractivity contribution in [1.82, 2.24) is 9.78 Å². The summed E-state index contributed by atoms with van der Waals surface area (Å²) in [4.78, 5) is 11.8. The Hall–Kier alpha value is -1.84. The number of nitrogens with zero attached hydrogens (tertiary/aromatic N) is 2. The van der Waals surface area contributed by atoms with Gasteiger partial charge in [0.25, 0.3) is 0 Å². The molecule has 0 aliphatic heterocycles. The second-order valence-corrected chi connectivity index (χ2v) is 6.09. The van der Waals surface area contributed by atoms with Crippen LogP contribution in [0, 0.1) is 5.92 Å². The van der Waals surface area contributed by atoms with Crippen molar-refractivity contribution < 1.29 is 9.53 Å². The summed E-state index contributed by atoms with van der Waals surface area (Å²) in [5.41, 5.74) is 2.55. The number of ether oxygens (including phenoxy) is 1. The number of rotatable bonds is 4. The van der Waals surface area contributed by atoms with Crippen molar-refractivity contribution in [3.8, 4) is 0 Å². The highest BCUT2D eigenvalue weighted by Crippen LogP contribution is 2.34. The van der Waals surface area contributed by atoms with Gasteiger partial charge in [-0.1, -0.05) is 13.0 Å². The monoisotopic (exact) mass is 300 g/mol. The number of carbonyl (C=O) groups is 1.